The van der Waals surface area contributed by atoms with E-state index in [1.807, 2.05) is 37.3 Å². The van der Waals surface area contributed by atoms with Gasteiger partial charge < -0.3 is 14.8 Å². The predicted octanol–water partition coefficient (Wildman–Crippen LogP) is 3.20. The van der Waals surface area contributed by atoms with Gasteiger partial charge in [0.25, 0.3) is 0 Å². The van der Waals surface area contributed by atoms with Gasteiger partial charge in [0.2, 0.25) is 5.91 Å². The van der Waals surface area contributed by atoms with E-state index in [2.05, 4.69) is 5.32 Å². The van der Waals surface area contributed by atoms with E-state index in [-0.39, 0.29) is 30.4 Å². The van der Waals surface area contributed by atoms with Gasteiger partial charge in [-0.05, 0) is 31.9 Å². The Morgan fingerprint density at radius 1 is 1.36 bits per heavy atom. The van der Waals surface area contributed by atoms with Gasteiger partial charge in [-0.3, -0.25) is 4.79 Å². The summed E-state index contributed by atoms with van der Waals surface area (Å²) in [6.45, 7) is 2.01. The largest absolute Gasteiger partial charge is 0.460 e. The molecule has 1 aliphatic rings. The summed E-state index contributed by atoms with van der Waals surface area (Å²) in [6, 6.07) is 9.79. The molecular weight excluding hydrogens is 278 g/mol. The van der Waals surface area contributed by atoms with Gasteiger partial charge in [-0.25, -0.2) is 0 Å². The summed E-state index contributed by atoms with van der Waals surface area (Å²) in [5, 5.41) is 13.6. The van der Waals surface area contributed by atoms with Gasteiger partial charge in [0.15, 0.2) is 0 Å². The average Bonchev–Trinajstić information content (AvgIpc) is 2.98. The second kappa shape index (κ2) is 6.53. The van der Waals surface area contributed by atoms with E-state index >= 15 is 0 Å². The zero-order chi connectivity index (χ0) is 15.5. The Morgan fingerprint density at radius 3 is 2.91 bits per heavy atom. The molecule has 1 aromatic heterocycles. The standard InChI is InChI=1S/C18H23NO3/c1-12(17-10-13-6-3-5-9-16(13)22-17)18(21)19-15-8-4-2-7-14(15)11-20/h3,5-6,9-10,12,14-15,20H,2,4,7-8,11H2,1H3,(H,19,21). The highest BCUT2D eigenvalue weighted by atomic mass is 16.3. The van der Waals surface area contributed by atoms with Gasteiger partial charge in [0, 0.05) is 24.0 Å². The lowest BCUT2D eigenvalue weighted by molar-refractivity contribution is -0.124. The van der Waals surface area contributed by atoms with Gasteiger partial charge in [-0.1, -0.05) is 31.0 Å². The number of rotatable bonds is 4. The third-order valence-electron chi connectivity index (χ3n) is 4.74. The van der Waals surface area contributed by atoms with Gasteiger partial charge in [-0.2, -0.15) is 0 Å². The van der Waals surface area contributed by atoms with E-state index in [1.165, 1.54) is 0 Å². The lowest BCUT2D eigenvalue weighted by Gasteiger charge is -2.31. The number of furan rings is 1. The van der Waals surface area contributed by atoms with Crippen LogP contribution in [-0.4, -0.2) is 23.7 Å². The van der Waals surface area contributed by atoms with E-state index in [0.29, 0.717) is 5.76 Å². The van der Waals surface area contributed by atoms with Crippen LogP contribution in [0.3, 0.4) is 0 Å². The third-order valence-corrected chi connectivity index (χ3v) is 4.74. The van der Waals surface area contributed by atoms with Crippen molar-refractivity contribution >= 4 is 16.9 Å². The van der Waals surface area contributed by atoms with E-state index in [4.69, 9.17) is 4.42 Å². The highest BCUT2D eigenvalue weighted by Crippen LogP contribution is 2.27. The molecule has 4 heteroatoms. The Balaban J connectivity index is 1.70. The number of carbonyl (C=O) groups excluding carboxylic acids is 1. The van der Waals surface area contributed by atoms with Crippen molar-refractivity contribution in [3.8, 4) is 0 Å². The quantitative estimate of drug-likeness (QED) is 0.911. The maximum absolute atomic E-state index is 12.5. The van der Waals surface area contributed by atoms with Crippen molar-refractivity contribution in [3.63, 3.8) is 0 Å². The van der Waals surface area contributed by atoms with Crippen LogP contribution in [0.5, 0.6) is 0 Å². The van der Waals surface area contributed by atoms with Crippen molar-refractivity contribution < 1.29 is 14.3 Å². The lowest BCUT2D eigenvalue weighted by Crippen LogP contribution is -2.44. The number of amides is 1. The molecule has 0 bridgehead atoms. The summed E-state index contributed by atoms with van der Waals surface area (Å²) in [4.78, 5) is 12.5. The SMILES string of the molecule is CC(C(=O)NC1CCCCC1CO)c1cc2ccccc2o1. The van der Waals surface area contributed by atoms with Crippen LogP contribution in [0, 0.1) is 5.92 Å². The van der Waals surface area contributed by atoms with Crippen LogP contribution in [0.25, 0.3) is 11.0 Å². The summed E-state index contributed by atoms with van der Waals surface area (Å²) >= 11 is 0. The van der Waals surface area contributed by atoms with Crippen LogP contribution in [0.2, 0.25) is 0 Å². The molecule has 1 aromatic carbocycles. The zero-order valence-electron chi connectivity index (χ0n) is 12.9. The number of carbonyl (C=O) groups is 1. The first kappa shape index (κ1) is 15.1. The minimum atomic E-state index is -0.325. The number of hydrogen-bond donors (Lipinski definition) is 2. The molecule has 3 atom stereocenters. The highest BCUT2D eigenvalue weighted by molar-refractivity contribution is 5.85. The van der Waals surface area contributed by atoms with Crippen molar-refractivity contribution in [2.24, 2.45) is 5.92 Å². The number of nitrogens with one attached hydrogen (secondary N) is 1. The molecule has 118 valence electrons. The molecule has 1 heterocycles. The number of para-hydroxylation sites is 1. The Hall–Kier alpha value is -1.81. The minimum Gasteiger partial charge on any atom is -0.460 e. The normalized spacial score (nSPS) is 23.4. The maximum atomic E-state index is 12.5. The molecule has 22 heavy (non-hydrogen) atoms. The van der Waals surface area contributed by atoms with Crippen molar-refractivity contribution in [2.75, 3.05) is 6.61 Å². The average molecular weight is 301 g/mol. The van der Waals surface area contributed by atoms with Crippen LogP contribution in [0.1, 0.15) is 44.3 Å². The monoisotopic (exact) mass is 301 g/mol. The fourth-order valence-electron chi connectivity index (χ4n) is 3.27. The molecule has 0 spiro atoms. The molecule has 3 unspecified atom stereocenters. The summed E-state index contributed by atoms with van der Waals surface area (Å²) < 4.78 is 5.78. The number of aliphatic hydroxyl groups is 1. The molecule has 2 N–H and O–H groups in total. The van der Waals surface area contributed by atoms with Gasteiger partial charge in [0.1, 0.15) is 11.3 Å². The van der Waals surface area contributed by atoms with Gasteiger partial charge in [-0.15, -0.1) is 0 Å². The molecule has 1 aliphatic carbocycles. The van der Waals surface area contributed by atoms with Crippen LogP contribution in [-0.2, 0) is 4.79 Å². The fraction of sp³-hybridized carbons (Fsp3) is 0.500. The number of fused-ring (bicyclic) bond motifs is 1. The second-order valence-corrected chi connectivity index (χ2v) is 6.25. The van der Waals surface area contributed by atoms with Crippen molar-refractivity contribution in [2.45, 2.75) is 44.6 Å². The molecular formula is C18H23NO3. The molecule has 0 radical (unpaired) electrons. The third kappa shape index (κ3) is 3.02. The topological polar surface area (TPSA) is 62.5 Å². The first-order valence-corrected chi connectivity index (χ1v) is 8.08. The Bertz CT molecular complexity index is 616. The van der Waals surface area contributed by atoms with Crippen LogP contribution in [0.15, 0.2) is 34.7 Å². The summed E-state index contributed by atoms with van der Waals surface area (Å²) in [5.74, 6) is 0.522. The van der Waals surface area contributed by atoms with Crippen molar-refractivity contribution in [1.82, 2.24) is 5.32 Å². The van der Waals surface area contributed by atoms with E-state index < -0.39 is 0 Å². The maximum Gasteiger partial charge on any atom is 0.230 e. The molecule has 4 nitrogen and oxygen atoms in total. The highest BCUT2D eigenvalue weighted by Gasteiger charge is 2.28. The van der Waals surface area contributed by atoms with Crippen LogP contribution >= 0.6 is 0 Å². The molecule has 3 rings (SSSR count). The van der Waals surface area contributed by atoms with Gasteiger partial charge in [0.05, 0.1) is 5.92 Å². The number of benzene rings is 1. The minimum absolute atomic E-state index is 0.0237. The fourth-order valence-corrected chi connectivity index (χ4v) is 3.27. The Kier molecular flexibility index (Phi) is 4.48. The smallest absolute Gasteiger partial charge is 0.230 e. The first-order chi connectivity index (χ1) is 10.7. The zero-order valence-corrected chi connectivity index (χ0v) is 12.9. The summed E-state index contributed by atoms with van der Waals surface area (Å²) in [6.07, 6.45) is 4.18. The Labute approximate surface area is 130 Å². The number of aliphatic hydroxyl groups excluding tert-OH is 1. The Morgan fingerprint density at radius 2 is 2.14 bits per heavy atom. The molecule has 2 aromatic rings. The summed E-state index contributed by atoms with van der Waals surface area (Å²) in [5.41, 5.74) is 0.808. The van der Waals surface area contributed by atoms with E-state index in [0.717, 1.165) is 36.7 Å². The molecule has 1 saturated carbocycles. The van der Waals surface area contributed by atoms with E-state index in [9.17, 15) is 9.90 Å². The van der Waals surface area contributed by atoms with E-state index in [1.54, 1.807) is 0 Å². The first-order valence-electron chi connectivity index (χ1n) is 8.08. The second-order valence-electron chi connectivity index (χ2n) is 6.25. The molecule has 1 fully saturated rings. The van der Waals surface area contributed by atoms with Crippen LogP contribution in [0.4, 0.5) is 0 Å². The predicted molar refractivity (Wildman–Crippen MR) is 85.6 cm³/mol. The number of hydrogen-bond acceptors (Lipinski definition) is 3. The molecule has 0 aliphatic heterocycles. The summed E-state index contributed by atoms with van der Waals surface area (Å²) in [7, 11) is 0. The van der Waals surface area contributed by atoms with Crippen LogP contribution < -0.4 is 5.32 Å². The lowest BCUT2D eigenvalue weighted by atomic mass is 9.84. The molecule has 0 saturated heterocycles. The van der Waals surface area contributed by atoms with Crippen molar-refractivity contribution in [3.05, 3.63) is 36.1 Å². The van der Waals surface area contributed by atoms with Gasteiger partial charge >= 0.3 is 0 Å². The van der Waals surface area contributed by atoms with Crippen molar-refractivity contribution in [1.29, 1.82) is 0 Å². The molecule has 1 amide bonds.